The highest BCUT2D eigenvalue weighted by molar-refractivity contribution is 5.73. The summed E-state index contributed by atoms with van der Waals surface area (Å²) in [6.45, 7) is 8.19. The highest BCUT2D eigenvalue weighted by Crippen LogP contribution is 2.18. The number of hydrogen-bond acceptors (Lipinski definition) is 5. The lowest BCUT2D eigenvalue weighted by atomic mass is 10.1. The van der Waals surface area contributed by atoms with E-state index in [4.69, 9.17) is 0 Å². The molecule has 132 valence electrons. The van der Waals surface area contributed by atoms with E-state index in [0.29, 0.717) is 5.95 Å². The second kappa shape index (κ2) is 8.07. The van der Waals surface area contributed by atoms with Gasteiger partial charge in [-0.3, -0.25) is 9.69 Å². The average Bonchev–Trinajstić information content (AvgIpc) is 2.63. The van der Waals surface area contributed by atoms with Crippen LogP contribution in [-0.2, 0) is 11.3 Å². The Hall–Kier alpha value is -2.47. The Morgan fingerprint density at radius 1 is 1.12 bits per heavy atom. The maximum atomic E-state index is 11.4. The maximum Gasteiger partial charge on any atom is 0.223 e. The SMILES string of the molecule is CC(=O)N1CCN(Cc2ccc([C@H](C)Nc3ncccn3)cc2)CC1. The fourth-order valence-corrected chi connectivity index (χ4v) is 3.04. The van der Waals surface area contributed by atoms with Gasteiger partial charge in [0, 0.05) is 52.0 Å². The zero-order chi connectivity index (χ0) is 17.6. The van der Waals surface area contributed by atoms with Gasteiger partial charge < -0.3 is 10.2 Å². The molecule has 6 heteroatoms. The molecule has 0 saturated carbocycles. The molecule has 1 saturated heterocycles. The van der Waals surface area contributed by atoms with Crippen LogP contribution >= 0.6 is 0 Å². The van der Waals surface area contributed by atoms with Crippen molar-refractivity contribution in [1.29, 1.82) is 0 Å². The molecule has 2 heterocycles. The molecule has 1 N–H and O–H groups in total. The van der Waals surface area contributed by atoms with Gasteiger partial charge in [0.1, 0.15) is 0 Å². The van der Waals surface area contributed by atoms with Crippen LogP contribution in [0.15, 0.2) is 42.7 Å². The maximum absolute atomic E-state index is 11.4. The van der Waals surface area contributed by atoms with Crippen molar-refractivity contribution in [3.8, 4) is 0 Å². The Balaban J connectivity index is 1.53. The van der Waals surface area contributed by atoms with Gasteiger partial charge in [0.2, 0.25) is 11.9 Å². The van der Waals surface area contributed by atoms with Crippen LogP contribution in [0, 0.1) is 0 Å². The molecule has 1 atom stereocenters. The minimum Gasteiger partial charge on any atom is -0.348 e. The summed E-state index contributed by atoms with van der Waals surface area (Å²) in [5.41, 5.74) is 2.50. The minimum atomic E-state index is 0.149. The van der Waals surface area contributed by atoms with E-state index in [1.54, 1.807) is 25.4 Å². The molecule has 0 radical (unpaired) electrons. The van der Waals surface area contributed by atoms with Gasteiger partial charge in [0.25, 0.3) is 0 Å². The van der Waals surface area contributed by atoms with Gasteiger partial charge in [-0.1, -0.05) is 24.3 Å². The van der Waals surface area contributed by atoms with E-state index in [-0.39, 0.29) is 11.9 Å². The smallest absolute Gasteiger partial charge is 0.223 e. The van der Waals surface area contributed by atoms with Crippen molar-refractivity contribution in [3.05, 3.63) is 53.9 Å². The first-order chi connectivity index (χ1) is 12.1. The Labute approximate surface area is 148 Å². The summed E-state index contributed by atoms with van der Waals surface area (Å²) in [6.07, 6.45) is 3.47. The normalized spacial score (nSPS) is 16.5. The number of carbonyl (C=O) groups excluding carboxylic acids is 1. The number of nitrogens with one attached hydrogen (secondary N) is 1. The fourth-order valence-electron chi connectivity index (χ4n) is 3.04. The first-order valence-electron chi connectivity index (χ1n) is 8.72. The topological polar surface area (TPSA) is 61.4 Å². The van der Waals surface area contributed by atoms with Crippen molar-refractivity contribution >= 4 is 11.9 Å². The molecular weight excluding hydrogens is 314 g/mol. The van der Waals surface area contributed by atoms with Crippen LogP contribution in [-0.4, -0.2) is 51.9 Å². The largest absolute Gasteiger partial charge is 0.348 e. The predicted molar refractivity (Wildman–Crippen MR) is 98.0 cm³/mol. The third kappa shape index (κ3) is 4.76. The Bertz CT molecular complexity index is 681. The van der Waals surface area contributed by atoms with E-state index in [0.717, 1.165) is 32.7 Å². The highest BCUT2D eigenvalue weighted by atomic mass is 16.2. The molecule has 3 rings (SSSR count). The summed E-state index contributed by atoms with van der Waals surface area (Å²) in [5, 5.41) is 3.30. The number of rotatable bonds is 5. The number of hydrogen-bond donors (Lipinski definition) is 1. The number of anilines is 1. The Kier molecular flexibility index (Phi) is 5.60. The molecule has 1 aliphatic rings. The van der Waals surface area contributed by atoms with Gasteiger partial charge in [0.05, 0.1) is 6.04 Å². The second-order valence-corrected chi connectivity index (χ2v) is 6.46. The van der Waals surface area contributed by atoms with E-state index in [9.17, 15) is 4.79 Å². The van der Waals surface area contributed by atoms with Crippen LogP contribution in [0.25, 0.3) is 0 Å². The van der Waals surface area contributed by atoms with E-state index in [1.165, 1.54) is 11.1 Å². The number of aromatic nitrogens is 2. The molecule has 6 nitrogen and oxygen atoms in total. The quantitative estimate of drug-likeness (QED) is 0.906. The average molecular weight is 339 g/mol. The molecule has 1 aromatic heterocycles. The molecule has 0 unspecified atom stereocenters. The zero-order valence-corrected chi connectivity index (χ0v) is 14.9. The van der Waals surface area contributed by atoms with Gasteiger partial charge >= 0.3 is 0 Å². The number of piperazine rings is 1. The van der Waals surface area contributed by atoms with Gasteiger partial charge in [-0.25, -0.2) is 9.97 Å². The van der Waals surface area contributed by atoms with Gasteiger partial charge in [-0.05, 0) is 24.1 Å². The van der Waals surface area contributed by atoms with Crippen LogP contribution in [0.3, 0.4) is 0 Å². The number of nitrogens with zero attached hydrogens (tertiary/aromatic N) is 4. The predicted octanol–water partition coefficient (Wildman–Crippen LogP) is 2.31. The molecule has 1 fully saturated rings. The van der Waals surface area contributed by atoms with Gasteiger partial charge in [-0.15, -0.1) is 0 Å². The van der Waals surface area contributed by atoms with Crippen molar-refractivity contribution in [2.75, 3.05) is 31.5 Å². The van der Waals surface area contributed by atoms with Crippen molar-refractivity contribution < 1.29 is 4.79 Å². The van der Waals surface area contributed by atoms with Crippen molar-refractivity contribution in [3.63, 3.8) is 0 Å². The lowest BCUT2D eigenvalue weighted by Crippen LogP contribution is -2.47. The molecular formula is C19H25N5O. The lowest BCUT2D eigenvalue weighted by Gasteiger charge is -2.34. The third-order valence-electron chi connectivity index (χ3n) is 4.61. The summed E-state index contributed by atoms with van der Waals surface area (Å²) in [5.74, 6) is 0.815. The third-order valence-corrected chi connectivity index (χ3v) is 4.61. The van der Waals surface area contributed by atoms with Crippen molar-refractivity contribution in [2.45, 2.75) is 26.4 Å². The van der Waals surface area contributed by atoms with Gasteiger partial charge in [-0.2, -0.15) is 0 Å². The minimum absolute atomic E-state index is 0.149. The van der Waals surface area contributed by atoms with E-state index >= 15 is 0 Å². The van der Waals surface area contributed by atoms with E-state index in [1.807, 2.05) is 4.90 Å². The lowest BCUT2D eigenvalue weighted by molar-refractivity contribution is -0.130. The number of benzene rings is 1. The summed E-state index contributed by atoms with van der Waals surface area (Å²) >= 11 is 0. The summed E-state index contributed by atoms with van der Waals surface area (Å²) in [7, 11) is 0. The molecule has 1 aromatic carbocycles. The molecule has 2 aromatic rings. The van der Waals surface area contributed by atoms with Crippen molar-refractivity contribution in [1.82, 2.24) is 19.8 Å². The Morgan fingerprint density at radius 2 is 1.76 bits per heavy atom. The molecule has 25 heavy (non-hydrogen) atoms. The van der Waals surface area contributed by atoms with Crippen LogP contribution in [0.1, 0.15) is 31.0 Å². The van der Waals surface area contributed by atoms with E-state index in [2.05, 4.69) is 51.4 Å². The number of amides is 1. The van der Waals surface area contributed by atoms with Crippen LogP contribution < -0.4 is 5.32 Å². The van der Waals surface area contributed by atoms with Crippen LogP contribution in [0.5, 0.6) is 0 Å². The molecule has 0 aliphatic carbocycles. The first-order valence-corrected chi connectivity index (χ1v) is 8.72. The highest BCUT2D eigenvalue weighted by Gasteiger charge is 2.18. The molecule has 0 bridgehead atoms. The van der Waals surface area contributed by atoms with Crippen LogP contribution in [0.2, 0.25) is 0 Å². The monoisotopic (exact) mass is 339 g/mol. The van der Waals surface area contributed by atoms with Gasteiger partial charge in [0.15, 0.2) is 0 Å². The van der Waals surface area contributed by atoms with E-state index < -0.39 is 0 Å². The molecule has 1 amide bonds. The Morgan fingerprint density at radius 3 is 2.36 bits per heavy atom. The zero-order valence-electron chi connectivity index (χ0n) is 14.9. The number of carbonyl (C=O) groups is 1. The van der Waals surface area contributed by atoms with Crippen molar-refractivity contribution in [2.24, 2.45) is 0 Å². The molecule has 1 aliphatic heterocycles. The van der Waals surface area contributed by atoms with Crippen LogP contribution in [0.4, 0.5) is 5.95 Å². The first kappa shape index (κ1) is 17.4. The second-order valence-electron chi connectivity index (χ2n) is 6.46. The standard InChI is InChI=1S/C19H25N5O/c1-15(22-19-20-8-3-9-21-19)18-6-4-17(5-7-18)14-23-10-12-24(13-11-23)16(2)25/h3-9,15H,10-14H2,1-2H3,(H,20,21,22)/t15-/m0/s1. The summed E-state index contributed by atoms with van der Waals surface area (Å²) in [4.78, 5) is 24.1. The molecule has 0 spiro atoms. The summed E-state index contributed by atoms with van der Waals surface area (Å²) in [6, 6.07) is 10.6. The fraction of sp³-hybridized carbons (Fsp3) is 0.421. The summed E-state index contributed by atoms with van der Waals surface area (Å²) < 4.78 is 0.